The maximum atomic E-state index is 12.6. The Morgan fingerprint density at radius 3 is 2.71 bits per heavy atom. The Balaban J connectivity index is 1.28. The largest absolute Gasteiger partial charge is 0.495 e. The van der Waals surface area contributed by atoms with E-state index in [9.17, 15) is 14.4 Å². The summed E-state index contributed by atoms with van der Waals surface area (Å²) in [5.41, 5.74) is 3.06. The van der Waals surface area contributed by atoms with Crippen LogP contribution in [0.15, 0.2) is 53.9 Å². The summed E-state index contributed by atoms with van der Waals surface area (Å²) in [6.45, 7) is 2.21. The molecule has 176 valence electrons. The summed E-state index contributed by atoms with van der Waals surface area (Å²) < 4.78 is 10.7. The highest BCUT2D eigenvalue weighted by Gasteiger charge is 2.37. The predicted octanol–water partition coefficient (Wildman–Crippen LogP) is 3.74. The molecule has 34 heavy (non-hydrogen) atoms. The van der Waals surface area contributed by atoms with Crippen LogP contribution in [-0.2, 0) is 32.1 Å². The van der Waals surface area contributed by atoms with Gasteiger partial charge in [0.25, 0.3) is 0 Å². The molecule has 0 saturated carbocycles. The number of aryl methyl sites for hydroxylation is 1. The molecule has 1 aliphatic heterocycles. The SMILES string of the molecule is COc1ccccc1N1CC(C(=O)OCc2csc(CC(=O)Nc3ccc(C)cc3)n2)CC1=O. The summed E-state index contributed by atoms with van der Waals surface area (Å²) in [6.07, 6.45) is 0.218. The fourth-order valence-electron chi connectivity index (χ4n) is 3.69. The second-order valence-corrected chi connectivity index (χ2v) is 8.95. The van der Waals surface area contributed by atoms with Crippen molar-refractivity contribution in [2.45, 2.75) is 26.4 Å². The van der Waals surface area contributed by atoms with Gasteiger partial charge in [-0.2, -0.15) is 0 Å². The van der Waals surface area contributed by atoms with Crippen molar-refractivity contribution in [1.82, 2.24) is 4.98 Å². The first-order valence-corrected chi connectivity index (χ1v) is 11.7. The number of carbonyl (C=O) groups is 3. The molecular formula is C25H25N3O5S. The van der Waals surface area contributed by atoms with E-state index in [-0.39, 0.29) is 37.8 Å². The normalized spacial score (nSPS) is 15.3. The summed E-state index contributed by atoms with van der Waals surface area (Å²) in [4.78, 5) is 43.3. The van der Waals surface area contributed by atoms with Crippen molar-refractivity contribution in [3.63, 3.8) is 0 Å². The molecule has 0 radical (unpaired) electrons. The number of hydrogen-bond acceptors (Lipinski definition) is 7. The van der Waals surface area contributed by atoms with Crippen molar-refractivity contribution in [2.75, 3.05) is 23.9 Å². The van der Waals surface area contributed by atoms with Gasteiger partial charge in [-0.15, -0.1) is 11.3 Å². The molecular weight excluding hydrogens is 454 g/mol. The predicted molar refractivity (Wildman–Crippen MR) is 129 cm³/mol. The molecule has 0 spiro atoms. The topological polar surface area (TPSA) is 97.8 Å². The van der Waals surface area contributed by atoms with Crippen molar-refractivity contribution in [3.8, 4) is 5.75 Å². The van der Waals surface area contributed by atoms with Crippen molar-refractivity contribution >= 4 is 40.5 Å². The third kappa shape index (κ3) is 5.60. The van der Waals surface area contributed by atoms with Gasteiger partial charge in [0.15, 0.2) is 0 Å². The number of anilines is 2. The van der Waals surface area contributed by atoms with Crippen LogP contribution in [0.3, 0.4) is 0 Å². The first-order valence-electron chi connectivity index (χ1n) is 10.8. The van der Waals surface area contributed by atoms with E-state index in [1.807, 2.05) is 43.3 Å². The van der Waals surface area contributed by atoms with Crippen LogP contribution in [0.4, 0.5) is 11.4 Å². The van der Waals surface area contributed by atoms with Crippen molar-refractivity contribution in [3.05, 3.63) is 70.2 Å². The zero-order valence-electron chi connectivity index (χ0n) is 18.9. The lowest BCUT2D eigenvalue weighted by atomic mass is 10.1. The second kappa shape index (κ2) is 10.5. The summed E-state index contributed by atoms with van der Waals surface area (Å²) >= 11 is 1.34. The lowest BCUT2D eigenvalue weighted by Gasteiger charge is -2.19. The minimum absolute atomic E-state index is 0.00569. The first-order chi connectivity index (χ1) is 16.4. The van der Waals surface area contributed by atoms with Gasteiger partial charge in [-0.3, -0.25) is 14.4 Å². The standard InChI is InChI=1S/C25H25N3O5S/c1-16-7-9-18(10-8-16)26-22(29)12-23-27-19(15-34-23)14-33-25(31)17-11-24(30)28(13-17)20-5-3-4-6-21(20)32-2/h3-10,15,17H,11-14H2,1-2H3,(H,26,29). The minimum Gasteiger partial charge on any atom is -0.495 e. The molecule has 0 aliphatic carbocycles. The number of nitrogens with one attached hydrogen (secondary N) is 1. The molecule has 4 rings (SSSR count). The van der Waals surface area contributed by atoms with E-state index in [2.05, 4.69) is 10.3 Å². The molecule has 8 nitrogen and oxygen atoms in total. The van der Waals surface area contributed by atoms with E-state index in [1.165, 1.54) is 11.3 Å². The Morgan fingerprint density at radius 2 is 1.94 bits per heavy atom. The molecule has 1 aliphatic rings. The van der Waals surface area contributed by atoms with Crippen molar-refractivity contribution in [1.29, 1.82) is 0 Å². The van der Waals surface area contributed by atoms with E-state index in [4.69, 9.17) is 9.47 Å². The van der Waals surface area contributed by atoms with Gasteiger partial charge in [0.1, 0.15) is 17.4 Å². The Labute approximate surface area is 201 Å². The van der Waals surface area contributed by atoms with E-state index < -0.39 is 11.9 Å². The fraction of sp³-hybridized carbons (Fsp3) is 0.280. The number of amides is 2. The minimum atomic E-state index is -0.559. The fourth-order valence-corrected chi connectivity index (χ4v) is 4.47. The quantitative estimate of drug-likeness (QED) is 0.495. The number of benzene rings is 2. The molecule has 1 fully saturated rings. The van der Waals surface area contributed by atoms with Crippen LogP contribution in [0.2, 0.25) is 0 Å². The number of thiazole rings is 1. The van der Waals surface area contributed by atoms with Crippen LogP contribution in [0.25, 0.3) is 0 Å². The highest BCUT2D eigenvalue weighted by Crippen LogP contribution is 2.33. The molecule has 2 heterocycles. The van der Waals surface area contributed by atoms with Crippen LogP contribution in [0, 0.1) is 12.8 Å². The smallest absolute Gasteiger partial charge is 0.311 e. The summed E-state index contributed by atoms with van der Waals surface area (Å²) in [5.74, 6) is -0.746. The maximum absolute atomic E-state index is 12.6. The van der Waals surface area contributed by atoms with E-state index in [1.54, 1.807) is 29.5 Å². The van der Waals surface area contributed by atoms with Crippen LogP contribution in [-0.4, -0.2) is 36.4 Å². The number of aromatic nitrogens is 1. The van der Waals surface area contributed by atoms with Crippen molar-refractivity contribution in [2.24, 2.45) is 5.92 Å². The lowest BCUT2D eigenvalue weighted by Crippen LogP contribution is -2.26. The average molecular weight is 480 g/mol. The van der Waals surface area contributed by atoms with Gasteiger partial charge in [0.2, 0.25) is 11.8 Å². The molecule has 9 heteroatoms. The third-order valence-corrected chi connectivity index (χ3v) is 6.34. The molecule has 2 aromatic carbocycles. The number of nitrogens with zero attached hydrogens (tertiary/aromatic N) is 2. The Bertz CT molecular complexity index is 1190. The van der Waals surface area contributed by atoms with Gasteiger partial charge in [-0.1, -0.05) is 29.8 Å². The number of ether oxygens (including phenoxy) is 2. The highest BCUT2D eigenvalue weighted by molar-refractivity contribution is 7.09. The number of rotatable bonds is 8. The van der Waals surface area contributed by atoms with E-state index in [0.717, 1.165) is 11.3 Å². The first kappa shape index (κ1) is 23.4. The van der Waals surface area contributed by atoms with Gasteiger partial charge < -0.3 is 19.7 Å². The molecule has 1 N–H and O–H groups in total. The summed E-state index contributed by atoms with van der Waals surface area (Å²) in [6, 6.07) is 14.8. The van der Waals surface area contributed by atoms with Crippen LogP contribution >= 0.6 is 11.3 Å². The Kier molecular flexibility index (Phi) is 7.22. The summed E-state index contributed by atoms with van der Waals surface area (Å²) in [7, 11) is 1.54. The number of carbonyl (C=O) groups excluding carboxylic acids is 3. The zero-order valence-corrected chi connectivity index (χ0v) is 19.8. The van der Waals surface area contributed by atoms with Gasteiger partial charge in [0.05, 0.1) is 30.8 Å². The van der Waals surface area contributed by atoms with Crippen LogP contribution < -0.4 is 15.0 Å². The molecule has 1 unspecified atom stereocenters. The van der Waals surface area contributed by atoms with Crippen LogP contribution in [0.5, 0.6) is 5.75 Å². The average Bonchev–Trinajstić information content (AvgIpc) is 3.45. The number of para-hydroxylation sites is 2. The number of methoxy groups -OCH3 is 1. The number of esters is 1. The van der Waals surface area contributed by atoms with Gasteiger partial charge in [-0.25, -0.2) is 4.98 Å². The van der Waals surface area contributed by atoms with E-state index in [0.29, 0.717) is 22.1 Å². The Morgan fingerprint density at radius 1 is 1.18 bits per heavy atom. The Hall–Kier alpha value is -3.72. The maximum Gasteiger partial charge on any atom is 0.311 e. The van der Waals surface area contributed by atoms with E-state index >= 15 is 0 Å². The molecule has 1 aromatic heterocycles. The number of hydrogen-bond donors (Lipinski definition) is 1. The van der Waals surface area contributed by atoms with Gasteiger partial charge >= 0.3 is 5.97 Å². The van der Waals surface area contributed by atoms with Crippen LogP contribution in [0.1, 0.15) is 22.7 Å². The molecule has 0 bridgehead atoms. The van der Waals surface area contributed by atoms with Crippen molar-refractivity contribution < 1.29 is 23.9 Å². The zero-order chi connectivity index (χ0) is 24.1. The molecule has 1 atom stereocenters. The third-order valence-electron chi connectivity index (χ3n) is 5.44. The highest BCUT2D eigenvalue weighted by atomic mass is 32.1. The molecule has 3 aromatic rings. The van der Waals surface area contributed by atoms with Gasteiger partial charge in [0, 0.05) is 24.0 Å². The second-order valence-electron chi connectivity index (χ2n) is 8.01. The summed E-state index contributed by atoms with van der Waals surface area (Å²) in [5, 5.41) is 5.24. The van der Waals surface area contributed by atoms with Gasteiger partial charge in [-0.05, 0) is 31.2 Å². The monoisotopic (exact) mass is 479 g/mol. The lowest BCUT2D eigenvalue weighted by molar-refractivity contribution is -0.149. The molecule has 2 amide bonds. The molecule has 1 saturated heterocycles.